The molecule has 10 heavy (non-hydrogen) atoms. The lowest BCUT2D eigenvalue weighted by molar-refractivity contribution is 0.293. The van der Waals surface area contributed by atoms with Gasteiger partial charge in [0, 0.05) is 5.38 Å². The van der Waals surface area contributed by atoms with Crippen LogP contribution in [0.15, 0.2) is 0 Å². The summed E-state index contributed by atoms with van der Waals surface area (Å²) < 4.78 is 0. The van der Waals surface area contributed by atoms with E-state index in [4.69, 9.17) is 11.6 Å². The summed E-state index contributed by atoms with van der Waals surface area (Å²) in [5.41, 5.74) is 0. The molecule has 0 heterocycles. The van der Waals surface area contributed by atoms with Gasteiger partial charge >= 0.3 is 0 Å². The van der Waals surface area contributed by atoms with Gasteiger partial charge in [0.1, 0.15) is 0 Å². The van der Waals surface area contributed by atoms with Crippen molar-refractivity contribution in [3.05, 3.63) is 0 Å². The first-order valence-electron chi connectivity index (χ1n) is 4.48. The molecule has 60 valence electrons. The lowest BCUT2D eigenvalue weighted by Crippen LogP contribution is -2.22. The highest BCUT2D eigenvalue weighted by Crippen LogP contribution is 2.34. The summed E-state index contributed by atoms with van der Waals surface area (Å²) >= 11 is 6.16. The summed E-state index contributed by atoms with van der Waals surface area (Å²) in [6, 6.07) is 0. The number of rotatable bonds is 4. The van der Waals surface area contributed by atoms with Crippen LogP contribution >= 0.6 is 11.6 Å². The van der Waals surface area contributed by atoms with E-state index in [1.54, 1.807) is 0 Å². The monoisotopic (exact) mass is 160 g/mol. The van der Waals surface area contributed by atoms with E-state index in [0.29, 0.717) is 5.38 Å². The maximum absolute atomic E-state index is 6.16. The normalized spacial score (nSPS) is 22.2. The first-order valence-corrected chi connectivity index (χ1v) is 4.92. The van der Waals surface area contributed by atoms with Crippen LogP contribution in [-0.2, 0) is 0 Å². The van der Waals surface area contributed by atoms with E-state index in [-0.39, 0.29) is 0 Å². The fourth-order valence-electron chi connectivity index (χ4n) is 1.44. The van der Waals surface area contributed by atoms with E-state index >= 15 is 0 Å². The third kappa shape index (κ3) is 2.16. The molecule has 0 bridgehead atoms. The van der Waals surface area contributed by atoms with Crippen molar-refractivity contribution < 1.29 is 0 Å². The van der Waals surface area contributed by atoms with Gasteiger partial charge in [-0.05, 0) is 25.2 Å². The van der Waals surface area contributed by atoms with Crippen molar-refractivity contribution in [1.82, 2.24) is 0 Å². The lowest BCUT2D eigenvalue weighted by atomic mass is 9.81. The molecule has 0 radical (unpaired) electrons. The zero-order valence-corrected chi connectivity index (χ0v) is 7.53. The number of hydrogen-bond acceptors (Lipinski definition) is 0. The third-order valence-electron chi connectivity index (χ3n) is 2.49. The predicted octanol–water partition coefficient (Wildman–Crippen LogP) is 3.58. The van der Waals surface area contributed by atoms with Crippen molar-refractivity contribution in [2.75, 3.05) is 0 Å². The largest absolute Gasteiger partial charge is 0.123 e. The Hall–Kier alpha value is 0.290. The van der Waals surface area contributed by atoms with Gasteiger partial charge in [-0.25, -0.2) is 0 Å². The SMILES string of the molecule is CCCCC(Cl)C1CCC1. The van der Waals surface area contributed by atoms with Gasteiger partial charge in [0.25, 0.3) is 0 Å². The molecule has 1 saturated carbocycles. The summed E-state index contributed by atoms with van der Waals surface area (Å²) in [7, 11) is 0. The Morgan fingerprint density at radius 1 is 1.50 bits per heavy atom. The Labute approximate surface area is 69.0 Å². The minimum atomic E-state index is 0.494. The molecule has 0 aromatic heterocycles. The van der Waals surface area contributed by atoms with Crippen LogP contribution in [0.5, 0.6) is 0 Å². The van der Waals surface area contributed by atoms with Crippen molar-refractivity contribution in [2.45, 2.75) is 50.8 Å². The zero-order valence-electron chi connectivity index (χ0n) is 6.78. The molecule has 1 aliphatic carbocycles. The van der Waals surface area contributed by atoms with E-state index < -0.39 is 0 Å². The van der Waals surface area contributed by atoms with E-state index in [9.17, 15) is 0 Å². The van der Waals surface area contributed by atoms with Gasteiger partial charge in [-0.1, -0.05) is 26.2 Å². The fourth-order valence-corrected chi connectivity index (χ4v) is 1.84. The van der Waals surface area contributed by atoms with Crippen LogP contribution in [-0.4, -0.2) is 5.38 Å². The number of unbranched alkanes of at least 4 members (excludes halogenated alkanes) is 1. The highest BCUT2D eigenvalue weighted by Gasteiger charge is 2.24. The Morgan fingerprint density at radius 2 is 2.20 bits per heavy atom. The first kappa shape index (κ1) is 8.39. The van der Waals surface area contributed by atoms with Gasteiger partial charge in [0.2, 0.25) is 0 Å². The second kappa shape index (κ2) is 4.23. The lowest BCUT2D eigenvalue weighted by Gasteiger charge is -2.29. The smallest absolute Gasteiger partial charge is 0.0364 e. The average Bonchev–Trinajstić information content (AvgIpc) is 1.79. The second-order valence-corrected chi connectivity index (χ2v) is 3.91. The number of halogens is 1. The molecule has 0 nitrogen and oxygen atoms in total. The van der Waals surface area contributed by atoms with E-state index in [2.05, 4.69) is 6.92 Å². The molecule has 0 N–H and O–H groups in total. The molecular formula is C9H17Cl. The van der Waals surface area contributed by atoms with Crippen LogP contribution < -0.4 is 0 Å². The van der Waals surface area contributed by atoms with Gasteiger partial charge in [-0.3, -0.25) is 0 Å². The zero-order chi connectivity index (χ0) is 7.40. The number of hydrogen-bond donors (Lipinski definition) is 0. The first-order chi connectivity index (χ1) is 4.84. The van der Waals surface area contributed by atoms with Crippen molar-refractivity contribution in [3.63, 3.8) is 0 Å². The molecule has 1 atom stereocenters. The molecule has 0 amide bonds. The maximum Gasteiger partial charge on any atom is 0.0364 e. The third-order valence-corrected chi connectivity index (χ3v) is 3.07. The summed E-state index contributed by atoms with van der Waals surface area (Å²) in [6.45, 7) is 2.23. The van der Waals surface area contributed by atoms with Gasteiger partial charge in [-0.15, -0.1) is 11.6 Å². The highest BCUT2D eigenvalue weighted by molar-refractivity contribution is 6.20. The van der Waals surface area contributed by atoms with E-state index in [1.807, 2.05) is 0 Å². The Kier molecular flexibility index (Phi) is 3.55. The summed E-state index contributed by atoms with van der Waals surface area (Å²) in [6.07, 6.45) is 8.03. The van der Waals surface area contributed by atoms with Crippen LogP contribution in [0.3, 0.4) is 0 Å². The van der Waals surface area contributed by atoms with E-state index in [1.165, 1.54) is 38.5 Å². The van der Waals surface area contributed by atoms with Gasteiger partial charge in [0.05, 0.1) is 0 Å². The summed E-state index contributed by atoms with van der Waals surface area (Å²) in [4.78, 5) is 0. The van der Waals surface area contributed by atoms with Gasteiger partial charge < -0.3 is 0 Å². The quantitative estimate of drug-likeness (QED) is 0.552. The van der Waals surface area contributed by atoms with E-state index in [0.717, 1.165) is 5.92 Å². The Balaban J connectivity index is 2.02. The highest BCUT2D eigenvalue weighted by atomic mass is 35.5. The van der Waals surface area contributed by atoms with Crippen LogP contribution in [0.25, 0.3) is 0 Å². The maximum atomic E-state index is 6.16. The van der Waals surface area contributed by atoms with Crippen LogP contribution in [0.4, 0.5) is 0 Å². The molecule has 1 fully saturated rings. The average molecular weight is 161 g/mol. The molecule has 1 rings (SSSR count). The summed E-state index contributed by atoms with van der Waals surface area (Å²) in [5, 5.41) is 0.494. The number of alkyl halides is 1. The topological polar surface area (TPSA) is 0 Å². The molecule has 0 aliphatic heterocycles. The summed E-state index contributed by atoms with van der Waals surface area (Å²) in [5.74, 6) is 0.869. The van der Waals surface area contributed by atoms with Crippen molar-refractivity contribution in [1.29, 1.82) is 0 Å². The van der Waals surface area contributed by atoms with Crippen LogP contribution in [0.1, 0.15) is 45.4 Å². The molecule has 1 unspecified atom stereocenters. The van der Waals surface area contributed by atoms with Gasteiger partial charge in [-0.2, -0.15) is 0 Å². The Morgan fingerprint density at radius 3 is 2.60 bits per heavy atom. The minimum absolute atomic E-state index is 0.494. The molecule has 0 saturated heterocycles. The molecule has 0 aromatic rings. The second-order valence-electron chi connectivity index (χ2n) is 3.35. The standard InChI is InChI=1S/C9H17Cl/c1-2-3-7-9(10)8-5-4-6-8/h8-9H,2-7H2,1H3. The predicted molar refractivity (Wildman–Crippen MR) is 46.5 cm³/mol. The van der Waals surface area contributed by atoms with Gasteiger partial charge in [0.15, 0.2) is 0 Å². The Bertz CT molecular complexity index is 86.7. The minimum Gasteiger partial charge on any atom is -0.123 e. The van der Waals surface area contributed by atoms with Crippen molar-refractivity contribution in [3.8, 4) is 0 Å². The van der Waals surface area contributed by atoms with Crippen LogP contribution in [0, 0.1) is 5.92 Å². The molecule has 0 aromatic carbocycles. The van der Waals surface area contributed by atoms with Crippen molar-refractivity contribution >= 4 is 11.6 Å². The molecular weight excluding hydrogens is 144 g/mol. The van der Waals surface area contributed by atoms with Crippen molar-refractivity contribution in [2.24, 2.45) is 5.92 Å². The molecule has 1 aliphatic rings. The fraction of sp³-hybridized carbons (Fsp3) is 1.00. The van der Waals surface area contributed by atoms with Crippen LogP contribution in [0.2, 0.25) is 0 Å². The molecule has 1 heteroatoms. The molecule has 0 spiro atoms.